The number of anilines is 2. The van der Waals surface area contributed by atoms with Crippen LogP contribution in [0.1, 0.15) is 46.3 Å². The van der Waals surface area contributed by atoms with Crippen LogP contribution in [0.3, 0.4) is 0 Å². The van der Waals surface area contributed by atoms with Gasteiger partial charge >= 0.3 is 0 Å². The van der Waals surface area contributed by atoms with Gasteiger partial charge in [0.1, 0.15) is 5.69 Å². The number of nitro benzene ring substituents is 1. The van der Waals surface area contributed by atoms with Crippen molar-refractivity contribution in [3.05, 3.63) is 80.3 Å². The van der Waals surface area contributed by atoms with Crippen LogP contribution in [0.15, 0.2) is 48.5 Å². The molecule has 2 aliphatic rings. The molecule has 1 amide bonds. The van der Waals surface area contributed by atoms with Gasteiger partial charge in [-0.3, -0.25) is 25.1 Å². The van der Waals surface area contributed by atoms with Gasteiger partial charge < -0.3 is 4.90 Å². The van der Waals surface area contributed by atoms with Crippen LogP contribution in [-0.4, -0.2) is 40.3 Å². The molecule has 9 heteroatoms. The second kappa shape index (κ2) is 10.1. The predicted molar refractivity (Wildman–Crippen MR) is 138 cm³/mol. The second-order valence-corrected chi connectivity index (χ2v) is 10.5. The molecule has 1 N–H and O–H groups in total. The number of carbonyl (C=O) groups is 1. The lowest BCUT2D eigenvalue weighted by Crippen LogP contribution is -2.33. The summed E-state index contributed by atoms with van der Waals surface area (Å²) in [5.74, 6) is 0.254. The molecule has 0 saturated carbocycles. The zero-order chi connectivity index (χ0) is 24.4. The van der Waals surface area contributed by atoms with Crippen molar-refractivity contribution in [1.29, 1.82) is 0 Å². The predicted octanol–water partition coefficient (Wildman–Crippen LogP) is 5.10. The summed E-state index contributed by atoms with van der Waals surface area (Å²) in [4.78, 5) is 34.6. The van der Waals surface area contributed by atoms with Gasteiger partial charge in [0.25, 0.3) is 11.6 Å². The van der Waals surface area contributed by atoms with Crippen molar-refractivity contribution in [2.45, 2.75) is 39.3 Å². The number of amides is 1. The lowest BCUT2D eigenvalue weighted by molar-refractivity contribution is -0.384. The Morgan fingerprint density at radius 1 is 1.17 bits per heavy atom. The highest BCUT2D eigenvalue weighted by Crippen LogP contribution is 2.33. The number of hydrogen-bond donors (Lipinski definition) is 1. The van der Waals surface area contributed by atoms with Crippen molar-refractivity contribution in [2.75, 3.05) is 29.9 Å². The molecule has 3 heterocycles. The fraction of sp³-hybridized carbons (Fsp3) is 0.385. The number of fused-ring (bicyclic) bond motifs is 1. The number of hydrogen-bond acceptors (Lipinski definition) is 7. The molecule has 0 atom stereocenters. The van der Waals surface area contributed by atoms with E-state index in [4.69, 9.17) is 0 Å². The number of piperidine rings is 1. The first-order chi connectivity index (χ1) is 17.0. The standard InChI is InChI=1S/C26H29N5O3S/c1-18-9-13-30(14-10-18)22-8-7-20(15-23(22)31(33)34)25(32)28-26-27-21-11-12-29(17-24(21)35-26)16-19-5-3-2-4-6-19/h2-8,15,18H,9-14,16-17H2,1H3,(H,27,28,32). The highest BCUT2D eigenvalue weighted by molar-refractivity contribution is 7.15. The fourth-order valence-electron chi connectivity index (χ4n) is 4.78. The van der Waals surface area contributed by atoms with E-state index < -0.39 is 4.92 Å². The second-order valence-electron chi connectivity index (χ2n) is 9.42. The minimum atomic E-state index is -0.395. The molecule has 8 nitrogen and oxygen atoms in total. The van der Waals surface area contributed by atoms with Crippen LogP contribution in [-0.2, 0) is 19.5 Å². The SMILES string of the molecule is CC1CCN(c2ccc(C(=O)Nc3nc4c(s3)CN(Cc3ccccc3)CC4)cc2[N+](=O)[O-])CC1. The highest BCUT2D eigenvalue weighted by Gasteiger charge is 2.26. The summed E-state index contributed by atoms with van der Waals surface area (Å²) in [5.41, 5.74) is 3.13. The van der Waals surface area contributed by atoms with E-state index in [9.17, 15) is 14.9 Å². The maximum Gasteiger partial charge on any atom is 0.293 e. The number of nitro groups is 1. The molecule has 0 radical (unpaired) electrons. The summed E-state index contributed by atoms with van der Waals surface area (Å²) in [6, 6.07) is 15.1. The average molecular weight is 492 g/mol. The smallest absolute Gasteiger partial charge is 0.293 e. The van der Waals surface area contributed by atoms with Crippen molar-refractivity contribution in [1.82, 2.24) is 9.88 Å². The Morgan fingerprint density at radius 2 is 1.94 bits per heavy atom. The third-order valence-corrected chi connectivity index (χ3v) is 7.84. The molecule has 2 aliphatic heterocycles. The number of thiazole rings is 1. The summed E-state index contributed by atoms with van der Waals surface area (Å²) in [6.07, 6.45) is 2.86. The van der Waals surface area contributed by atoms with Gasteiger partial charge in [0, 0.05) is 55.7 Å². The molecule has 3 aromatic rings. The molecular weight excluding hydrogens is 462 g/mol. The third-order valence-electron chi connectivity index (χ3n) is 6.84. The molecule has 0 bridgehead atoms. The monoisotopic (exact) mass is 491 g/mol. The van der Waals surface area contributed by atoms with E-state index in [0.29, 0.717) is 16.7 Å². The quantitative estimate of drug-likeness (QED) is 0.381. The van der Waals surface area contributed by atoms with Crippen LogP contribution in [0, 0.1) is 16.0 Å². The lowest BCUT2D eigenvalue weighted by Gasteiger charge is -2.31. The van der Waals surface area contributed by atoms with Gasteiger partial charge in [-0.1, -0.05) is 37.3 Å². The Labute approximate surface area is 208 Å². The van der Waals surface area contributed by atoms with Crippen molar-refractivity contribution in [2.24, 2.45) is 5.92 Å². The van der Waals surface area contributed by atoms with Crippen molar-refractivity contribution >= 4 is 33.8 Å². The van der Waals surface area contributed by atoms with E-state index in [2.05, 4.69) is 51.3 Å². The van der Waals surface area contributed by atoms with Crippen LogP contribution < -0.4 is 10.2 Å². The maximum absolute atomic E-state index is 12.9. The first-order valence-corrected chi connectivity index (χ1v) is 12.9. The summed E-state index contributed by atoms with van der Waals surface area (Å²) < 4.78 is 0. The maximum atomic E-state index is 12.9. The van der Waals surface area contributed by atoms with Crippen LogP contribution in [0.2, 0.25) is 0 Å². The van der Waals surface area contributed by atoms with Gasteiger partial charge in [-0.15, -0.1) is 11.3 Å². The first kappa shape index (κ1) is 23.4. The van der Waals surface area contributed by atoms with E-state index in [-0.39, 0.29) is 17.2 Å². The summed E-state index contributed by atoms with van der Waals surface area (Å²) in [7, 11) is 0. The van der Waals surface area contributed by atoms with Crippen molar-refractivity contribution in [3.8, 4) is 0 Å². The Balaban J connectivity index is 1.27. The lowest BCUT2D eigenvalue weighted by atomic mass is 9.98. The largest absolute Gasteiger partial charge is 0.366 e. The van der Waals surface area contributed by atoms with Gasteiger partial charge in [-0.05, 0) is 36.5 Å². The molecule has 1 fully saturated rings. The van der Waals surface area contributed by atoms with E-state index >= 15 is 0 Å². The van der Waals surface area contributed by atoms with Gasteiger partial charge in [-0.25, -0.2) is 4.98 Å². The van der Waals surface area contributed by atoms with Crippen LogP contribution in [0.5, 0.6) is 0 Å². The molecule has 5 rings (SSSR count). The molecule has 1 aromatic heterocycles. The number of benzene rings is 2. The summed E-state index contributed by atoms with van der Waals surface area (Å²) >= 11 is 1.48. The molecule has 0 unspecified atom stereocenters. The third kappa shape index (κ3) is 5.36. The topological polar surface area (TPSA) is 91.6 Å². The van der Waals surface area contributed by atoms with E-state index in [1.54, 1.807) is 12.1 Å². The summed E-state index contributed by atoms with van der Waals surface area (Å²) in [6.45, 7) is 6.38. The highest BCUT2D eigenvalue weighted by atomic mass is 32.1. The number of rotatable bonds is 6. The normalized spacial score (nSPS) is 16.7. The molecule has 182 valence electrons. The van der Waals surface area contributed by atoms with E-state index in [1.807, 2.05) is 6.07 Å². The molecule has 2 aromatic carbocycles. The Bertz CT molecular complexity index is 1220. The average Bonchev–Trinajstić information content (AvgIpc) is 3.26. The number of nitrogens with zero attached hydrogens (tertiary/aromatic N) is 4. The molecule has 0 aliphatic carbocycles. The van der Waals surface area contributed by atoms with Gasteiger partial charge in [-0.2, -0.15) is 0 Å². The number of aromatic nitrogens is 1. The number of carbonyl (C=O) groups excluding carboxylic acids is 1. The van der Waals surface area contributed by atoms with Crippen molar-refractivity contribution < 1.29 is 9.72 Å². The van der Waals surface area contributed by atoms with Crippen LogP contribution in [0.4, 0.5) is 16.5 Å². The fourth-order valence-corrected chi connectivity index (χ4v) is 5.82. The minimum Gasteiger partial charge on any atom is -0.366 e. The Kier molecular flexibility index (Phi) is 6.79. The zero-order valence-electron chi connectivity index (χ0n) is 19.8. The number of nitrogens with one attached hydrogen (secondary N) is 1. The Hall–Kier alpha value is -3.30. The molecule has 0 spiro atoms. The van der Waals surface area contributed by atoms with Crippen molar-refractivity contribution in [3.63, 3.8) is 0 Å². The van der Waals surface area contributed by atoms with Gasteiger partial charge in [0.15, 0.2) is 5.13 Å². The Morgan fingerprint density at radius 3 is 2.69 bits per heavy atom. The van der Waals surface area contributed by atoms with Crippen LogP contribution in [0.25, 0.3) is 0 Å². The summed E-state index contributed by atoms with van der Waals surface area (Å²) in [5, 5.41) is 15.2. The van der Waals surface area contributed by atoms with E-state index in [1.165, 1.54) is 23.0 Å². The van der Waals surface area contributed by atoms with Gasteiger partial charge in [0.2, 0.25) is 0 Å². The first-order valence-electron chi connectivity index (χ1n) is 12.1. The van der Waals surface area contributed by atoms with Gasteiger partial charge in [0.05, 0.1) is 10.6 Å². The van der Waals surface area contributed by atoms with Crippen LogP contribution >= 0.6 is 11.3 Å². The molecule has 1 saturated heterocycles. The van der Waals surface area contributed by atoms with E-state index in [0.717, 1.165) is 62.6 Å². The molecular formula is C26H29N5O3S. The minimum absolute atomic E-state index is 0.0257. The molecule has 35 heavy (non-hydrogen) atoms. The zero-order valence-corrected chi connectivity index (χ0v) is 20.6.